The maximum Gasteiger partial charge on any atom is 0.405 e. The van der Waals surface area contributed by atoms with Crippen molar-refractivity contribution < 1.29 is 14.6 Å². The third-order valence-electron chi connectivity index (χ3n) is 4.89. The van der Waals surface area contributed by atoms with E-state index in [9.17, 15) is 4.79 Å². The zero-order valence-electron chi connectivity index (χ0n) is 14.5. The van der Waals surface area contributed by atoms with Crippen LogP contribution in [0.2, 0.25) is 0 Å². The first-order valence-electron chi connectivity index (χ1n) is 8.09. The smallest absolute Gasteiger partial charge is 0.405 e. The Hall–Kier alpha value is -2.49. The van der Waals surface area contributed by atoms with E-state index in [0.717, 1.165) is 34.4 Å². The first kappa shape index (κ1) is 16.4. The van der Waals surface area contributed by atoms with Crippen LogP contribution in [-0.4, -0.2) is 18.3 Å². The number of carbonyl (C=O) groups is 1. The number of rotatable bonds is 3. The Labute approximate surface area is 142 Å². The molecule has 0 aromatic heterocycles. The molecule has 2 N–H and O–H groups in total. The molecule has 126 valence electrons. The Morgan fingerprint density at radius 1 is 1.21 bits per heavy atom. The molecule has 3 rings (SSSR count). The Morgan fingerprint density at radius 3 is 2.54 bits per heavy atom. The molecule has 24 heavy (non-hydrogen) atoms. The van der Waals surface area contributed by atoms with E-state index in [2.05, 4.69) is 43.4 Å². The van der Waals surface area contributed by atoms with Gasteiger partial charge in [-0.2, -0.15) is 0 Å². The molecule has 0 saturated heterocycles. The van der Waals surface area contributed by atoms with Crippen molar-refractivity contribution >= 4 is 6.09 Å². The predicted molar refractivity (Wildman–Crippen MR) is 94.6 cm³/mol. The monoisotopic (exact) mass is 325 g/mol. The van der Waals surface area contributed by atoms with Crippen molar-refractivity contribution in [2.45, 2.75) is 33.2 Å². The standard InChI is InChI=1S/C20H23NO3/c1-12-5-6-14(10-17(12)24-4)13-7-8-16-15(9-13)11-20(2,3)18(16)21-19(22)23/h5-10,18,21H,11H2,1-4H3,(H,22,23). The highest BCUT2D eigenvalue weighted by Crippen LogP contribution is 2.46. The predicted octanol–water partition coefficient (Wildman–Crippen LogP) is 4.56. The van der Waals surface area contributed by atoms with Crippen LogP contribution >= 0.6 is 0 Å². The summed E-state index contributed by atoms with van der Waals surface area (Å²) in [5.74, 6) is 0.874. The number of aryl methyl sites for hydroxylation is 1. The van der Waals surface area contributed by atoms with Gasteiger partial charge >= 0.3 is 6.09 Å². The molecule has 1 atom stereocenters. The number of methoxy groups -OCH3 is 1. The van der Waals surface area contributed by atoms with Gasteiger partial charge in [-0.25, -0.2) is 4.79 Å². The van der Waals surface area contributed by atoms with Crippen LogP contribution < -0.4 is 10.1 Å². The van der Waals surface area contributed by atoms with Gasteiger partial charge in [0.2, 0.25) is 0 Å². The summed E-state index contributed by atoms with van der Waals surface area (Å²) < 4.78 is 5.42. The van der Waals surface area contributed by atoms with Gasteiger partial charge < -0.3 is 15.2 Å². The normalized spacial score (nSPS) is 18.1. The first-order chi connectivity index (χ1) is 11.3. The number of nitrogens with one attached hydrogen (secondary N) is 1. The molecule has 1 unspecified atom stereocenters. The van der Waals surface area contributed by atoms with Crippen LogP contribution in [0.15, 0.2) is 36.4 Å². The number of benzene rings is 2. The van der Waals surface area contributed by atoms with E-state index in [0.29, 0.717) is 0 Å². The summed E-state index contributed by atoms with van der Waals surface area (Å²) in [6.45, 7) is 6.22. The molecule has 4 heteroatoms. The summed E-state index contributed by atoms with van der Waals surface area (Å²) in [5, 5.41) is 11.8. The average molecular weight is 325 g/mol. The summed E-state index contributed by atoms with van der Waals surface area (Å²) in [6, 6.07) is 12.3. The Bertz CT molecular complexity index is 795. The first-order valence-corrected chi connectivity index (χ1v) is 8.09. The van der Waals surface area contributed by atoms with Gasteiger partial charge in [-0.1, -0.05) is 44.2 Å². The minimum atomic E-state index is -0.978. The molecule has 1 amide bonds. The quantitative estimate of drug-likeness (QED) is 0.869. The molecule has 0 aliphatic heterocycles. The fourth-order valence-electron chi connectivity index (χ4n) is 3.63. The highest BCUT2D eigenvalue weighted by Gasteiger charge is 2.39. The molecule has 0 saturated carbocycles. The number of amides is 1. The van der Waals surface area contributed by atoms with E-state index in [1.165, 1.54) is 5.56 Å². The van der Waals surface area contributed by atoms with E-state index >= 15 is 0 Å². The minimum absolute atomic E-state index is 0.135. The van der Waals surface area contributed by atoms with Crippen molar-refractivity contribution in [3.8, 4) is 16.9 Å². The van der Waals surface area contributed by atoms with Crippen molar-refractivity contribution in [1.82, 2.24) is 5.32 Å². The highest BCUT2D eigenvalue weighted by atomic mass is 16.5. The summed E-state index contributed by atoms with van der Waals surface area (Å²) in [7, 11) is 1.68. The molecule has 0 fully saturated rings. The lowest BCUT2D eigenvalue weighted by molar-refractivity contribution is 0.175. The summed E-state index contributed by atoms with van der Waals surface area (Å²) >= 11 is 0. The molecule has 2 aromatic carbocycles. The molecule has 1 aliphatic carbocycles. The molecule has 0 spiro atoms. The molecule has 1 aliphatic rings. The lowest BCUT2D eigenvalue weighted by atomic mass is 9.85. The number of hydrogen-bond donors (Lipinski definition) is 2. The van der Waals surface area contributed by atoms with Crippen LogP contribution in [0, 0.1) is 12.3 Å². The third-order valence-corrected chi connectivity index (χ3v) is 4.89. The largest absolute Gasteiger partial charge is 0.496 e. The average Bonchev–Trinajstić information content (AvgIpc) is 2.77. The fraction of sp³-hybridized carbons (Fsp3) is 0.350. The minimum Gasteiger partial charge on any atom is -0.496 e. The van der Waals surface area contributed by atoms with Crippen molar-refractivity contribution in [3.05, 3.63) is 53.1 Å². The Morgan fingerprint density at radius 2 is 1.88 bits per heavy atom. The number of carboxylic acid groups (broad SMARTS) is 1. The van der Waals surface area contributed by atoms with Crippen molar-refractivity contribution in [3.63, 3.8) is 0 Å². The summed E-state index contributed by atoms with van der Waals surface area (Å²) in [6.07, 6.45) is -0.127. The third kappa shape index (κ3) is 2.84. The van der Waals surface area contributed by atoms with E-state index < -0.39 is 6.09 Å². The molecule has 0 heterocycles. The van der Waals surface area contributed by atoms with Crippen molar-refractivity contribution in [2.75, 3.05) is 7.11 Å². The maximum absolute atomic E-state index is 11.1. The second-order valence-electron chi connectivity index (χ2n) is 7.15. The lowest BCUT2D eigenvalue weighted by Crippen LogP contribution is -2.34. The SMILES string of the molecule is COc1cc(-c2ccc3c(c2)CC(C)(C)C3NC(=O)O)ccc1C. The number of ether oxygens (including phenoxy) is 1. The molecular formula is C20H23NO3. The second kappa shape index (κ2) is 5.86. The van der Waals surface area contributed by atoms with Crippen LogP contribution in [-0.2, 0) is 6.42 Å². The summed E-state index contributed by atoms with van der Waals surface area (Å²) in [4.78, 5) is 11.1. The Balaban J connectivity index is 2.00. The van der Waals surface area contributed by atoms with Gasteiger partial charge in [-0.15, -0.1) is 0 Å². The van der Waals surface area contributed by atoms with Gasteiger partial charge in [-0.3, -0.25) is 0 Å². The molecule has 0 radical (unpaired) electrons. The van der Waals surface area contributed by atoms with E-state index in [4.69, 9.17) is 9.84 Å². The van der Waals surface area contributed by atoms with Gasteiger partial charge in [0.1, 0.15) is 5.75 Å². The highest BCUT2D eigenvalue weighted by molar-refractivity contribution is 5.69. The molecule has 0 bridgehead atoms. The van der Waals surface area contributed by atoms with E-state index in [-0.39, 0.29) is 11.5 Å². The van der Waals surface area contributed by atoms with Crippen molar-refractivity contribution in [1.29, 1.82) is 0 Å². The fourth-order valence-corrected chi connectivity index (χ4v) is 3.63. The van der Waals surface area contributed by atoms with Gasteiger partial charge in [0, 0.05) is 0 Å². The molecule has 2 aromatic rings. The topological polar surface area (TPSA) is 58.6 Å². The van der Waals surface area contributed by atoms with Crippen LogP contribution in [0.5, 0.6) is 5.75 Å². The van der Waals surface area contributed by atoms with Gasteiger partial charge in [0.15, 0.2) is 0 Å². The molecule has 4 nitrogen and oxygen atoms in total. The number of hydrogen-bond acceptors (Lipinski definition) is 2. The second-order valence-corrected chi connectivity index (χ2v) is 7.15. The van der Waals surface area contributed by atoms with Crippen LogP contribution in [0.25, 0.3) is 11.1 Å². The van der Waals surface area contributed by atoms with Crippen LogP contribution in [0.3, 0.4) is 0 Å². The number of fused-ring (bicyclic) bond motifs is 1. The molecular weight excluding hydrogens is 302 g/mol. The van der Waals surface area contributed by atoms with Gasteiger partial charge in [0.25, 0.3) is 0 Å². The zero-order valence-corrected chi connectivity index (χ0v) is 14.5. The van der Waals surface area contributed by atoms with Gasteiger partial charge in [0.05, 0.1) is 13.2 Å². The van der Waals surface area contributed by atoms with Gasteiger partial charge in [-0.05, 0) is 52.6 Å². The van der Waals surface area contributed by atoms with Crippen molar-refractivity contribution in [2.24, 2.45) is 5.41 Å². The van der Waals surface area contributed by atoms with Crippen LogP contribution in [0.1, 0.15) is 36.6 Å². The summed E-state index contributed by atoms with van der Waals surface area (Å²) in [5.41, 5.74) is 5.48. The Kier molecular flexibility index (Phi) is 3.99. The van der Waals surface area contributed by atoms with Crippen LogP contribution in [0.4, 0.5) is 4.79 Å². The zero-order chi connectivity index (χ0) is 17.5. The lowest BCUT2D eigenvalue weighted by Gasteiger charge is -2.27. The van der Waals surface area contributed by atoms with E-state index in [1.54, 1.807) is 7.11 Å². The van der Waals surface area contributed by atoms with E-state index in [1.807, 2.05) is 19.1 Å². The maximum atomic E-state index is 11.1.